The number of phenols is 1. The third-order valence-electron chi connectivity index (χ3n) is 7.62. The van der Waals surface area contributed by atoms with Gasteiger partial charge in [0.25, 0.3) is 11.8 Å². The number of thioether (sulfide) groups is 1. The summed E-state index contributed by atoms with van der Waals surface area (Å²) in [6.45, 7) is 0. The predicted molar refractivity (Wildman–Crippen MR) is 181 cm³/mol. The number of amides is 2. The second-order valence-corrected chi connectivity index (χ2v) is 11.8. The van der Waals surface area contributed by atoms with E-state index in [1.165, 1.54) is 53.8 Å². The fourth-order valence-electron chi connectivity index (χ4n) is 5.33. The number of carbonyl (C=O) groups is 3. The third-order valence-corrected chi connectivity index (χ3v) is 8.62. The summed E-state index contributed by atoms with van der Waals surface area (Å²) in [6, 6.07) is 34.5. The Morgan fingerprint density at radius 2 is 1.59 bits per heavy atom. The van der Waals surface area contributed by atoms with Crippen LogP contribution in [0.3, 0.4) is 0 Å². The Morgan fingerprint density at radius 3 is 2.41 bits per heavy atom. The van der Waals surface area contributed by atoms with E-state index in [4.69, 9.17) is 4.74 Å². The summed E-state index contributed by atoms with van der Waals surface area (Å²) in [5.41, 5.74) is 6.86. The van der Waals surface area contributed by atoms with Crippen molar-refractivity contribution in [3.63, 3.8) is 0 Å². The van der Waals surface area contributed by atoms with Crippen molar-refractivity contribution in [1.29, 1.82) is 0 Å². The van der Waals surface area contributed by atoms with Crippen molar-refractivity contribution in [2.75, 3.05) is 18.2 Å². The number of phenolic OH excluding ortho intramolecular Hbond substituents is 1. The monoisotopic (exact) mass is 626 g/mol. The molecule has 0 saturated heterocycles. The molecule has 3 N–H and O–H groups in total. The molecule has 0 heterocycles. The highest BCUT2D eigenvalue weighted by Crippen LogP contribution is 2.37. The molecule has 5 aromatic carbocycles. The number of rotatable bonds is 10. The van der Waals surface area contributed by atoms with Crippen LogP contribution in [0.15, 0.2) is 126 Å². The number of carbonyl (C=O) groups excluding carboxylic acids is 3. The SMILES string of the molecule is COc1cc(O)ccc1/C=C(\NC(=O)c1ccccc1)C(=O)Nc1cccc(SCC(=O)c2ccc3c(c2)Cc2ccccc2-3)c1. The van der Waals surface area contributed by atoms with Crippen LogP contribution < -0.4 is 15.4 Å². The molecular formula is C38H30N2O5S. The minimum atomic E-state index is -0.559. The molecule has 1 aliphatic carbocycles. The van der Waals surface area contributed by atoms with Gasteiger partial charge in [-0.1, -0.05) is 60.7 Å². The molecule has 0 radical (unpaired) electrons. The highest BCUT2D eigenvalue weighted by molar-refractivity contribution is 8.00. The van der Waals surface area contributed by atoms with Crippen LogP contribution in [0.1, 0.15) is 37.4 Å². The summed E-state index contributed by atoms with van der Waals surface area (Å²) in [6.07, 6.45) is 2.31. The number of hydrogen-bond donors (Lipinski definition) is 3. The first kappa shape index (κ1) is 30.4. The lowest BCUT2D eigenvalue weighted by atomic mass is 10.0. The molecule has 1 aliphatic rings. The van der Waals surface area contributed by atoms with Crippen molar-refractivity contribution >= 4 is 41.1 Å². The lowest BCUT2D eigenvalue weighted by molar-refractivity contribution is -0.113. The van der Waals surface area contributed by atoms with Crippen LogP contribution in [0.25, 0.3) is 17.2 Å². The summed E-state index contributed by atoms with van der Waals surface area (Å²) in [4.78, 5) is 40.5. The minimum Gasteiger partial charge on any atom is -0.508 e. The van der Waals surface area contributed by atoms with Crippen LogP contribution in [0, 0.1) is 0 Å². The Hall–Kier alpha value is -5.60. The number of nitrogens with one attached hydrogen (secondary N) is 2. The molecule has 0 aliphatic heterocycles. The predicted octanol–water partition coefficient (Wildman–Crippen LogP) is 7.36. The number of Topliss-reactive ketones (excluding diaryl/α,β-unsaturated/α-hetero) is 1. The van der Waals surface area contributed by atoms with E-state index < -0.39 is 11.8 Å². The quantitative estimate of drug-likeness (QED) is 0.0834. The fraction of sp³-hybridized carbons (Fsp3) is 0.0789. The van der Waals surface area contributed by atoms with Crippen LogP contribution in [0.5, 0.6) is 11.5 Å². The fourth-order valence-corrected chi connectivity index (χ4v) is 6.18. The number of methoxy groups -OCH3 is 1. The molecule has 7 nitrogen and oxygen atoms in total. The highest BCUT2D eigenvalue weighted by atomic mass is 32.2. The Labute approximate surface area is 270 Å². The molecular weight excluding hydrogens is 596 g/mol. The smallest absolute Gasteiger partial charge is 0.272 e. The van der Waals surface area contributed by atoms with Crippen LogP contribution in [0.2, 0.25) is 0 Å². The topological polar surface area (TPSA) is 105 Å². The van der Waals surface area contributed by atoms with Crippen molar-refractivity contribution in [2.24, 2.45) is 0 Å². The third kappa shape index (κ3) is 6.87. The molecule has 0 aromatic heterocycles. The zero-order valence-corrected chi connectivity index (χ0v) is 25.8. The maximum Gasteiger partial charge on any atom is 0.272 e. The van der Waals surface area contributed by atoms with Crippen molar-refractivity contribution in [3.8, 4) is 22.6 Å². The van der Waals surface area contributed by atoms with Crippen molar-refractivity contribution in [3.05, 3.63) is 149 Å². The van der Waals surface area contributed by atoms with Crippen LogP contribution in [-0.4, -0.2) is 35.6 Å². The van der Waals surface area contributed by atoms with E-state index in [2.05, 4.69) is 22.8 Å². The zero-order valence-electron chi connectivity index (χ0n) is 24.9. The Balaban J connectivity index is 1.16. The summed E-state index contributed by atoms with van der Waals surface area (Å²) >= 11 is 1.39. The van der Waals surface area contributed by atoms with Gasteiger partial charge in [0, 0.05) is 33.3 Å². The van der Waals surface area contributed by atoms with Gasteiger partial charge in [-0.3, -0.25) is 14.4 Å². The molecule has 6 rings (SSSR count). The van der Waals surface area contributed by atoms with E-state index in [1.54, 1.807) is 54.6 Å². The molecule has 5 aromatic rings. The second kappa shape index (κ2) is 13.6. The maximum absolute atomic E-state index is 13.5. The maximum atomic E-state index is 13.5. The highest BCUT2D eigenvalue weighted by Gasteiger charge is 2.20. The Bertz CT molecular complexity index is 1990. The molecule has 0 atom stereocenters. The van der Waals surface area contributed by atoms with Gasteiger partial charge < -0.3 is 20.5 Å². The molecule has 46 heavy (non-hydrogen) atoms. The van der Waals surface area contributed by atoms with E-state index in [9.17, 15) is 19.5 Å². The van der Waals surface area contributed by atoms with Gasteiger partial charge in [0.2, 0.25) is 0 Å². The van der Waals surface area contributed by atoms with E-state index in [0.29, 0.717) is 28.1 Å². The summed E-state index contributed by atoms with van der Waals surface area (Å²) in [7, 11) is 1.45. The first-order valence-electron chi connectivity index (χ1n) is 14.6. The normalized spacial score (nSPS) is 11.7. The van der Waals surface area contributed by atoms with Gasteiger partial charge in [0.1, 0.15) is 17.2 Å². The second-order valence-electron chi connectivity index (χ2n) is 10.7. The molecule has 0 bridgehead atoms. The Morgan fingerprint density at radius 1 is 0.804 bits per heavy atom. The molecule has 0 spiro atoms. The number of benzene rings is 5. The van der Waals surface area contributed by atoms with Gasteiger partial charge in [0.05, 0.1) is 12.9 Å². The van der Waals surface area contributed by atoms with Crippen molar-refractivity contribution in [1.82, 2.24) is 5.32 Å². The first-order chi connectivity index (χ1) is 22.4. The number of aromatic hydroxyl groups is 1. The van der Waals surface area contributed by atoms with E-state index >= 15 is 0 Å². The summed E-state index contributed by atoms with van der Waals surface area (Å²) < 4.78 is 5.37. The van der Waals surface area contributed by atoms with Gasteiger partial charge in [-0.25, -0.2) is 0 Å². The summed E-state index contributed by atoms with van der Waals surface area (Å²) in [5, 5.41) is 15.4. The Kier molecular flexibility index (Phi) is 8.98. The molecule has 0 unspecified atom stereocenters. The molecule has 2 amide bonds. The lowest BCUT2D eigenvalue weighted by Crippen LogP contribution is -2.30. The van der Waals surface area contributed by atoms with Gasteiger partial charge in [-0.15, -0.1) is 11.8 Å². The molecule has 0 saturated carbocycles. The van der Waals surface area contributed by atoms with Crippen molar-refractivity contribution in [2.45, 2.75) is 11.3 Å². The van der Waals surface area contributed by atoms with E-state index in [-0.39, 0.29) is 23.0 Å². The number of fused-ring (bicyclic) bond motifs is 3. The average Bonchev–Trinajstić information content (AvgIpc) is 3.46. The number of anilines is 1. The van der Waals surface area contributed by atoms with Crippen LogP contribution >= 0.6 is 11.8 Å². The minimum absolute atomic E-state index is 0.00265. The average molecular weight is 627 g/mol. The zero-order chi connectivity index (χ0) is 32.0. The molecule has 228 valence electrons. The largest absolute Gasteiger partial charge is 0.508 e. The lowest BCUT2D eigenvalue weighted by Gasteiger charge is -2.13. The van der Waals surface area contributed by atoms with Gasteiger partial charge in [-0.2, -0.15) is 0 Å². The van der Waals surface area contributed by atoms with Crippen molar-refractivity contribution < 1.29 is 24.2 Å². The van der Waals surface area contributed by atoms with E-state index in [0.717, 1.165) is 16.9 Å². The molecule has 0 fully saturated rings. The van der Waals surface area contributed by atoms with Crippen LogP contribution in [-0.2, 0) is 11.2 Å². The standard InChI is InChI=1S/C38H30N2O5S/c1-45-36-22-30(41)16-14-27(36)20-34(40-37(43)24-8-3-2-4-9-24)38(44)39-29-11-7-12-31(21-29)46-23-35(42)26-15-17-33-28(19-26)18-25-10-5-6-13-32(25)33/h2-17,19-22,41H,18,23H2,1H3,(H,39,44)(H,40,43)/b34-20-. The van der Waals surface area contributed by atoms with Gasteiger partial charge in [-0.05, 0) is 83.3 Å². The van der Waals surface area contributed by atoms with Crippen LogP contribution in [0.4, 0.5) is 5.69 Å². The number of ether oxygens (including phenoxy) is 1. The number of hydrogen-bond acceptors (Lipinski definition) is 6. The van der Waals surface area contributed by atoms with E-state index in [1.807, 2.05) is 36.4 Å². The number of ketones is 1. The first-order valence-corrected chi connectivity index (χ1v) is 15.6. The van der Waals surface area contributed by atoms with Gasteiger partial charge >= 0.3 is 0 Å². The van der Waals surface area contributed by atoms with Gasteiger partial charge in [0.15, 0.2) is 5.78 Å². The summed E-state index contributed by atoms with van der Waals surface area (Å²) in [5.74, 6) is -0.426. The molecule has 8 heteroatoms.